The summed E-state index contributed by atoms with van der Waals surface area (Å²) >= 11 is 0. The molecule has 19 heavy (non-hydrogen) atoms. The molecule has 0 fully saturated rings. The summed E-state index contributed by atoms with van der Waals surface area (Å²) in [6, 6.07) is 4.94. The van der Waals surface area contributed by atoms with Gasteiger partial charge in [0.25, 0.3) is 0 Å². The third-order valence-electron chi connectivity index (χ3n) is 3.40. The molecule has 106 valence electrons. The molecule has 3 N–H and O–H groups in total. The highest BCUT2D eigenvalue weighted by Crippen LogP contribution is 2.23. The molecule has 3 atom stereocenters. The van der Waals surface area contributed by atoms with Crippen LogP contribution in [0.5, 0.6) is 0 Å². The van der Waals surface area contributed by atoms with Crippen molar-refractivity contribution < 1.29 is 15.0 Å². The molecule has 4 heteroatoms. The lowest BCUT2D eigenvalue weighted by atomic mass is 9.94. The molecule has 1 rings (SSSR count). The number of aryl methyl sites for hydroxylation is 2. The molecule has 0 saturated heterocycles. The van der Waals surface area contributed by atoms with Gasteiger partial charge >= 0.3 is 5.97 Å². The maximum absolute atomic E-state index is 10.9. The summed E-state index contributed by atoms with van der Waals surface area (Å²) in [5.41, 5.74) is 3.02. The molecule has 0 amide bonds. The van der Waals surface area contributed by atoms with Crippen molar-refractivity contribution in [1.82, 2.24) is 5.32 Å². The molecule has 0 aromatic heterocycles. The number of carbonyl (C=O) groups is 1. The number of aliphatic hydroxyl groups is 1. The van der Waals surface area contributed by atoms with Gasteiger partial charge in [-0.05, 0) is 38.3 Å². The van der Waals surface area contributed by atoms with E-state index in [2.05, 4.69) is 5.32 Å². The zero-order chi connectivity index (χ0) is 14.6. The van der Waals surface area contributed by atoms with Crippen LogP contribution in [0.1, 0.15) is 43.1 Å². The van der Waals surface area contributed by atoms with Crippen molar-refractivity contribution in [2.24, 2.45) is 0 Å². The second-order valence-corrected chi connectivity index (χ2v) is 5.05. The van der Waals surface area contributed by atoms with Crippen LogP contribution >= 0.6 is 0 Å². The highest BCUT2D eigenvalue weighted by molar-refractivity contribution is 5.72. The number of carboxylic acid groups (broad SMARTS) is 1. The van der Waals surface area contributed by atoms with Crippen molar-refractivity contribution in [3.05, 3.63) is 34.9 Å². The summed E-state index contributed by atoms with van der Waals surface area (Å²) < 4.78 is 0. The number of hydrogen-bond acceptors (Lipinski definition) is 3. The Morgan fingerprint density at radius 1 is 1.37 bits per heavy atom. The number of hydrogen-bond donors (Lipinski definition) is 3. The van der Waals surface area contributed by atoms with E-state index in [1.807, 2.05) is 39.0 Å². The standard InChI is InChI=1S/C15H23NO3/c1-5-13(16-11(4)15(18)19)14(17)12-7-6-9(2)8-10(12)3/h6-8,11,13-14,16-17H,5H2,1-4H3,(H,18,19). The SMILES string of the molecule is CCC(NC(C)C(=O)O)C(O)c1ccc(C)cc1C. The minimum absolute atomic E-state index is 0.271. The molecule has 0 bridgehead atoms. The van der Waals surface area contributed by atoms with Crippen LogP contribution in [0.15, 0.2) is 18.2 Å². The Labute approximate surface area is 114 Å². The Balaban J connectivity index is 2.88. The van der Waals surface area contributed by atoms with Crippen LogP contribution in [0.3, 0.4) is 0 Å². The van der Waals surface area contributed by atoms with Gasteiger partial charge in [-0.25, -0.2) is 0 Å². The normalized spacial score (nSPS) is 15.8. The van der Waals surface area contributed by atoms with Crippen molar-refractivity contribution in [3.8, 4) is 0 Å². The molecule has 0 aliphatic rings. The first-order chi connectivity index (χ1) is 8.86. The van der Waals surface area contributed by atoms with E-state index >= 15 is 0 Å². The number of benzene rings is 1. The fourth-order valence-electron chi connectivity index (χ4n) is 2.20. The van der Waals surface area contributed by atoms with E-state index in [9.17, 15) is 9.90 Å². The first kappa shape index (κ1) is 15.7. The first-order valence-electron chi connectivity index (χ1n) is 6.60. The van der Waals surface area contributed by atoms with Gasteiger partial charge in [-0.1, -0.05) is 30.7 Å². The smallest absolute Gasteiger partial charge is 0.320 e. The second kappa shape index (κ2) is 6.68. The van der Waals surface area contributed by atoms with Gasteiger partial charge in [-0.2, -0.15) is 0 Å². The molecule has 1 aromatic rings. The van der Waals surface area contributed by atoms with E-state index in [0.717, 1.165) is 16.7 Å². The van der Waals surface area contributed by atoms with Crippen molar-refractivity contribution in [3.63, 3.8) is 0 Å². The highest BCUT2D eigenvalue weighted by Gasteiger charge is 2.24. The Bertz CT molecular complexity index is 445. The van der Waals surface area contributed by atoms with Crippen LogP contribution in [-0.4, -0.2) is 28.3 Å². The molecule has 0 aliphatic carbocycles. The zero-order valence-corrected chi connectivity index (χ0v) is 12.0. The molecule has 0 heterocycles. The monoisotopic (exact) mass is 265 g/mol. The van der Waals surface area contributed by atoms with E-state index in [0.29, 0.717) is 6.42 Å². The lowest BCUT2D eigenvalue weighted by Gasteiger charge is -2.26. The van der Waals surface area contributed by atoms with Crippen molar-refractivity contribution >= 4 is 5.97 Å². The minimum atomic E-state index is -0.911. The second-order valence-electron chi connectivity index (χ2n) is 5.05. The van der Waals surface area contributed by atoms with Crippen LogP contribution < -0.4 is 5.32 Å². The number of nitrogens with one attached hydrogen (secondary N) is 1. The molecule has 0 saturated carbocycles. The van der Waals surface area contributed by atoms with Crippen LogP contribution in [0.25, 0.3) is 0 Å². The lowest BCUT2D eigenvalue weighted by Crippen LogP contribution is -2.44. The third-order valence-corrected chi connectivity index (χ3v) is 3.40. The predicted octanol–water partition coefficient (Wildman–Crippen LogP) is 2.18. The van der Waals surface area contributed by atoms with Gasteiger partial charge in [0.2, 0.25) is 0 Å². The van der Waals surface area contributed by atoms with Gasteiger partial charge in [0.1, 0.15) is 6.04 Å². The quantitative estimate of drug-likeness (QED) is 0.737. The van der Waals surface area contributed by atoms with E-state index < -0.39 is 18.1 Å². The average Bonchev–Trinajstić information content (AvgIpc) is 2.34. The van der Waals surface area contributed by atoms with Crippen LogP contribution in [-0.2, 0) is 4.79 Å². The van der Waals surface area contributed by atoms with Crippen molar-refractivity contribution in [2.45, 2.75) is 52.3 Å². The minimum Gasteiger partial charge on any atom is -0.480 e. The van der Waals surface area contributed by atoms with Gasteiger partial charge in [0.05, 0.1) is 6.10 Å². The molecule has 0 aliphatic heterocycles. The Morgan fingerprint density at radius 2 is 2.00 bits per heavy atom. The maximum atomic E-state index is 10.9. The van der Waals surface area contributed by atoms with Crippen LogP contribution in [0, 0.1) is 13.8 Å². The maximum Gasteiger partial charge on any atom is 0.320 e. The molecule has 0 radical (unpaired) electrons. The lowest BCUT2D eigenvalue weighted by molar-refractivity contribution is -0.139. The molecule has 0 spiro atoms. The number of aliphatic carboxylic acids is 1. The Kier molecular flexibility index (Phi) is 5.51. The summed E-state index contributed by atoms with van der Waals surface area (Å²) in [7, 11) is 0. The fraction of sp³-hybridized carbons (Fsp3) is 0.533. The Hall–Kier alpha value is -1.39. The molecule has 4 nitrogen and oxygen atoms in total. The molecular formula is C15H23NO3. The van der Waals surface area contributed by atoms with Gasteiger partial charge in [-0.15, -0.1) is 0 Å². The van der Waals surface area contributed by atoms with Gasteiger partial charge in [-0.3, -0.25) is 10.1 Å². The van der Waals surface area contributed by atoms with Crippen LogP contribution in [0.4, 0.5) is 0 Å². The largest absolute Gasteiger partial charge is 0.480 e. The number of aliphatic hydroxyl groups excluding tert-OH is 1. The van der Waals surface area contributed by atoms with Crippen molar-refractivity contribution in [2.75, 3.05) is 0 Å². The number of rotatable bonds is 6. The third kappa shape index (κ3) is 4.04. The first-order valence-corrected chi connectivity index (χ1v) is 6.60. The number of carboxylic acids is 1. The average molecular weight is 265 g/mol. The summed E-state index contributed by atoms with van der Waals surface area (Å²) in [6.07, 6.45) is -0.0426. The summed E-state index contributed by atoms with van der Waals surface area (Å²) in [5, 5.41) is 22.3. The predicted molar refractivity (Wildman–Crippen MR) is 75.2 cm³/mol. The molecule has 3 unspecified atom stereocenters. The van der Waals surface area contributed by atoms with E-state index in [1.54, 1.807) is 6.92 Å². The zero-order valence-electron chi connectivity index (χ0n) is 12.0. The fourth-order valence-corrected chi connectivity index (χ4v) is 2.20. The molecule has 1 aromatic carbocycles. The summed E-state index contributed by atoms with van der Waals surface area (Å²) in [5.74, 6) is -0.911. The highest BCUT2D eigenvalue weighted by atomic mass is 16.4. The molecular weight excluding hydrogens is 242 g/mol. The van der Waals surface area contributed by atoms with E-state index in [1.165, 1.54) is 0 Å². The van der Waals surface area contributed by atoms with Gasteiger partial charge in [0, 0.05) is 6.04 Å². The van der Waals surface area contributed by atoms with E-state index in [4.69, 9.17) is 5.11 Å². The summed E-state index contributed by atoms with van der Waals surface area (Å²) in [6.45, 7) is 7.48. The topological polar surface area (TPSA) is 69.6 Å². The summed E-state index contributed by atoms with van der Waals surface area (Å²) in [4.78, 5) is 10.9. The van der Waals surface area contributed by atoms with Crippen molar-refractivity contribution in [1.29, 1.82) is 0 Å². The van der Waals surface area contributed by atoms with Gasteiger partial charge in [0.15, 0.2) is 0 Å². The van der Waals surface area contributed by atoms with Gasteiger partial charge < -0.3 is 10.2 Å². The van der Waals surface area contributed by atoms with Crippen LogP contribution in [0.2, 0.25) is 0 Å². The van der Waals surface area contributed by atoms with E-state index in [-0.39, 0.29) is 6.04 Å². The Morgan fingerprint density at radius 3 is 2.47 bits per heavy atom.